The quantitative estimate of drug-likeness (QED) is 0.0238. The molecule has 19 heteroatoms. The number of anilines is 1. The van der Waals surface area contributed by atoms with E-state index >= 15 is 0 Å². The summed E-state index contributed by atoms with van der Waals surface area (Å²) in [6.07, 6.45) is 21.6. The van der Waals surface area contributed by atoms with Gasteiger partial charge in [-0.2, -0.15) is 21.1 Å². The van der Waals surface area contributed by atoms with Gasteiger partial charge in [0.15, 0.2) is 6.23 Å². The zero-order valence-electron chi connectivity index (χ0n) is 35.6. The van der Waals surface area contributed by atoms with Gasteiger partial charge in [0.05, 0.1) is 13.2 Å². The molecule has 0 radical (unpaired) electrons. The molecule has 1 aromatic heterocycles. The minimum atomic E-state index is -5.32. The summed E-state index contributed by atoms with van der Waals surface area (Å²) < 4.78 is 51.7. The van der Waals surface area contributed by atoms with E-state index in [1.165, 1.54) is 127 Å². The highest BCUT2D eigenvalue weighted by Crippen LogP contribution is 2.60. The van der Waals surface area contributed by atoms with Crippen LogP contribution in [-0.4, -0.2) is 84.7 Å². The fourth-order valence-electron chi connectivity index (χ4n) is 6.79. The van der Waals surface area contributed by atoms with Crippen molar-refractivity contribution in [3.63, 3.8) is 0 Å². The Morgan fingerprint density at radius 1 is 0.797 bits per heavy atom. The monoisotopic (exact) mass is 899 g/mol. The van der Waals surface area contributed by atoms with Crippen molar-refractivity contribution in [3.05, 3.63) is 22.7 Å². The Balaban J connectivity index is 1.79. The molecule has 0 spiro atoms. The Hall–Kier alpha value is -1.36. The van der Waals surface area contributed by atoms with Crippen molar-refractivity contribution in [1.29, 1.82) is 0 Å². The van der Waals surface area contributed by atoms with E-state index in [-0.39, 0.29) is 18.0 Å². The summed E-state index contributed by atoms with van der Waals surface area (Å²) in [5.41, 5.74) is 4.61. The average Bonchev–Trinajstić information content (AvgIpc) is 3.46. The van der Waals surface area contributed by atoms with Crippen molar-refractivity contribution in [2.75, 3.05) is 30.5 Å². The van der Waals surface area contributed by atoms with Crippen LogP contribution in [-0.2, 0) is 36.8 Å². The number of ether oxygens (including phenoxy) is 2. The van der Waals surface area contributed by atoms with E-state index in [4.69, 9.17) is 24.3 Å². The smallest absolute Gasteiger partial charge is 0.459 e. The number of hydrogen-bond donors (Lipinski definition) is 5. The second-order valence-corrected chi connectivity index (χ2v) is 19.8. The third-order valence-corrected chi connectivity index (χ3v) is 14.0. The number of phosphoric acid groups is 2. The molecule has 0 saturated carbocycles. The molecule has 6 N–H and O–H groups in total. The van der Waals surface area contributed by atoms with Gasteiger partial charge in [0.1, 0.15) is 30.2 Å². The predicted octanol–water partition coefficient (Wildman–Crippen LogP) is 8.74. The number of aliphatic hydroxyl groups is 2. The van der Waals surface area contributed by atoms with Crippen LogP contribution >= 0.6 is 27.4 Å². The molecule has 7 unspecified atom stereocenters. The fourth-order valence-corrected chi connectivity index (χ4v) is 9.91. The van der Waals surface area contributed by atoms with Gasteiger partial charge >= 0.3 is 27.3 Å². The fraction of sp³-hybridized carbons (Fsp3) is 0.875. The maximum Gasteiger partial charge on any atom is 0.481 e. The van der Waals surface area contributed by atoms with Gasteiger partial charge in [-0.05, 0) is 24.7 Å². The lowest BCUT2D eigenvalue weighted by atomic mass is 10.0. The second kappa shape index (κ2) is 31.5. The average molecular weight is 900 g/mol. The topological polar surface area (TPSA) is 239 Å². The van der Waals surface area contributed by atoms with Crippen molar-refractivity contribution in [2.24, 2.45) is 0 Å². The minimum Gasteiger partial charge on any atom is -0.459 e. The molecule has 344 valence electrons. The van der Waals surface area contributed by atoms with Crippen LogP contribution in [0.25, 0.3) is 0 Å². The lowest BCUT2D eigenvalue weighted by Crippen LogP contribution is -2.36. The third-order valence-electron chi connectivity index (χ3n) is 10.2. The molecule has 1 saturated heterocycles. The van der Waals surface area contributed by atoms with Crippen LogP contribution in [0.5, 0.6) is 0 Å². The van der Waals surface area contributed by atoms with E-state index < -0.39 is 71.2 Å². The number of phosphoric ester groups is 2. The number of aliphatic hydroxyl groups excluding tert-OH is 2. The highest BCUT2D eigenvalue weighted by molar-refractivity contribution is 7.99. The molecule has 1 aliphatic heterocycles. The minimum absolute atomic E-state index is 0.0780. The van der Waals surface area contributed by atoms with E-state index in [0.29, 0.717) is 6.42 Å². The maximum atomic E-state index is 12.8. The number of aromatic nitrogens is 2. The maximum absolute atomic E-state index is 12.8. The third kappa shape index (κ3) is 24.8. The molecule has 1 aromatic rings. The van der Waals surface area contributed by atoms with Gasteiger partial charge in [0.2, 0.25) is 0 Å². The summed E-state index contributed by atoms with van der Waals surface area (Å²) >= 11 is 1.53. The number of thioether (sulfide) groups is 1. The molecule has 59 heavy (non-hydrogen) atoms. The van der Waals surface area contributed by atoms with E-state index in [9.17, 15) is 38.7 Å². The molecule has 0 aromatic carbocycles. The van der Waals surface area contributed by atoms with Gasteiger partial charge < -0.3 is 35.2 Å². The van der Waals surface area contributed by atoms with Crippen molar-refractivity contribution < 1.29 is 56.8 Å². The summed E-state index contributed by atoms with van der Waals surface area (Å²) in [4.78, 5) is 49.1. The lowest BCUT2D eigenvalue weighted by molar-refractivity contribution is -0.149. The van der Waals surface area contributed by atoms with Crippen LogP contribution in [0, 0.1) is 0 Å². The summed E-state index contributed by atoms with van der Waals surface area (Å²) in [6.45, 7) is 2.97. The van der Waals surface area contributed by atoms with Crippen LogP contribution in [0.3, 0.4) is 0 Å². The predicted molar refractivity (Wildman–Crippen MR) is 231 cm³/mol. The summed E-state index contributed by atoms with van der Waals surface area (Å²) in [5.74, 6) is 0.537. The number of unbranched alkanes of at least 4 members (excludes halogenated alkanes) is 21. The molecule has 1 fully saturated rings. The molecule has 1 aliphatic rings. The number of carbonyl (C=O) groups excluding carboxylic acids is 1. The first-order chi connectivity index (χ1) is 28.3. The molecular weight excluding hydrogens is 824 g/mol. The van der Waals surface area contributed by atoms with Gasteiger partial charge in [-0.25, -0.2) is 13.9 Å². The van der Waals surface area contributed by atoms with E-state index in [2.05, 4.69) is 23.1 Å². The first kappa shape index (κ1) is 53.8. The summed E-state index contributed by atoms with van der Waals surface area (Å²) in [6, 6.07) is 1.27. The second-order valence-electron chi connectivity index (χ2n) is 15.6. The zero-order valence-corrected chi connectivity index (χ0v) is 38.2. The number of hydrogen-bond acceptors (Lipinski definition) is 14. The van der Waals surface area contributed by atoms with E-state index in [1.54, 1.807) is 0 Å². The Morgan fingerprint density at radius 3 is 1.81 bits per heavy atom. The first-order valence-electron chi connectivity index (χ1n) is 22.1. The number of carbonyl (C=O) groups is 1. The molecule has 0 bridgehead atoms. The highest BCUT2D eigenvalue weighted by atomic mass is 32.2. The largest absolute Gasteiger partial charge is 0.481 e. The van der Waals surface area contributed by atoms with Gasteiger partial charge in [0, 0.05) is 18.4 Å². The first-order valence-corrected chi connectivity index (χ1v) is 26.2. The van der Waals surface area contributed by atoms with Gasteiger partial charge in [0.25, 0.3) is 0 Å². The van der Waals surface area contributed by atoms with Gasteiger partial charge in [-0.3, -0.25) is 18.4 Å². The van der Waals surface area contributed by atoms with E-state index in [0.717, 1.165) is 48.8 Å². The van der Waals surface area contributed by atoms with Crippen LogP contribution in [0.15, 0.2) is 17.1 Å². The lowest BCUT2D eigenvalue weighted by Gasteiger charge is -2.21. The van der Waals surface area contributed by atoms with Gasteiger partial charge in [-0.1, -0.05) is 149 Å². The molecule has 2 heterocycles. The number of nitrogens with two attached hydrogens (primary N) is 1. The zero-order chi connectivity index (χ0) is 43.4. The molecule has 16 nitrogen and oxygen atoms in total. The standard InChI is InChI=1S/C40H75N3O13P2S/c1-3-5-7-9-11-13-14-15-16-17-19-21-23-25-29-59-32-33(54-36(44)26-24-22-20-18-12-10-8-6-4-2)30-52-57(48,49)56-58(50,51)53-31-34-37(45)38(46)39(55-34)43-28-27-35(41)42-40(43)47/h27-28,33-34,37-39,45-46H,3-26,29-32H2,1-2H3,(H,48,49)(H,50,51)(H2,41,42,47). The number of nitrogen functional groups attached to an aromatic ring is 1. The van der Waals surface area contributed by atoms with Crippen LogP contribution in [0.2, 0.25) is 0 Å². The Labute approximate surface area is 356 Å². The Kier molecular flexibility index (Phi) is 28.7. The molecule has 0 aliphatic carbocycles. The highest BCUT2D eigenvalue weighted by Gasteiger charge is 2.46. The Morgan fingerprint density at radius 2 is 1.29 bits per heavy atom. The normalized spacial score (nSPS) is 20.6. The summed E-state index contributed by atoms with van der Waals surface area (Å²) in [5, 5.41) is 20.8. The number of esters is 1. The van der Waals surface area contributed by atoms with Crippen LogP contribution in [0.4, 0.5) is 5.82 Å². The van der Waals surface area contributed by atoms with E-state index in [1.807, 2.05) is 0 Å². The van der Waals surface area contributed by atoms with Gasteiger partial charge in [-0.15, -0.1) is 0 Å². The molecular formula is C40H75N3O13P2S. The summed E-state index contributed by atoms with van der Waals surface area (Å²) in [7, 11) is -10.6. The molecule has 0 amide bonds. The van der Waals surface area contributed by atoms with Crippen molar-refractivity contribution in [1.82, 2.24) is 9.55 Å². The molecule has 2 rings (SSSR count). The number of rotatable bonds is 37. The van der Waals surface area contributed by atoms with Crippen molar-refractivity contribution in [3.8, 4) is 0 Å². The van der Waals surface area contributed by atoms with Crippen molar-refractivity contribution in [2.45, 2.75) is 199 Å². The van der Waals surface area contributed by atoms with Crippen LogP contribution in [0.1, 0.15) is 174 Å². The Bertz CT molecular complexity index is 1430. The number of nitrogens with zero attached hydrogens (tertiary/aromatic N) is 2. The van der Waals surface area contributed by atoms with Crippen LogP contribution < -0.4 is 11.4 Å². The van der Waals surface area contributed by atoms with Crippen molar-refractivity contribution >= 4 is 39.2 Å². The molecule has 7 atom stereocenters. The SMILES string of the molecule is CCCCCCCCCCCCCCCCSCC(COP(=O)(O)OP(=O)(O)OCC1OC(n2ccc(N)nc2=O)C(O)C1O)OC(=O)CCCCCCCCCCC.